The van der Waals surface area contributed by atoms with Gasteiger partial charge in [0.1, 0.15) is 0 Å². The fourth-order valence-corrected chi connectivity index (χ4v) is 3.90. The molecule has 0 fully saturated rings. The number of guanidine groups is 1. The number of benzene rings is 1. The lowest BCUT2D eigenvalue weighted by Gasteiger charge is -2.30. The molecule has 8 heteroatoms. The van der Waals surface area contributed by atoms with Gasteiger partial charge in [0.15, 0.2) is 11.8 Å². The second kappa shape index (κ2) is 13.3. The molecule has 0 aliphatic carbocycles. The Balaban J connectivity index is 0.00000385. The van der Waals surface area contributed by atoms with Crippen molar-refractivity contribution in [3.8, 4) is 5.82 Å². The standard InChI is InChI=1S/C25H35N7.HI/c1-6-31(7-2)23(22-11-9-8-10-12-22)18-29-25(26-5)28-17-21-13-14-24(27-16-21)32-20(4)15-19(3)30-32;/h8-16,23H,6-7,17-18H2,1-5H3,(H2,26,28,29);1H. The Bertz CT molecular complexity index is 995. The van der Waals surface area contributed by atoms with Crippen LogP contribution in [0, 0.1) is 13.8 Å². The van der Waals surface area contributed by atoms with E-state index in [-0.39, 0.29) is 30.0 Å². The number of halogens is 1. The third-order valence-corrected chi connectivity index (χ3v) is 5.62. The molecular formula is C25H36IN7. The molecule has 0 spiro atoms. The van der Waals surface area contributed by atoms with E-state index in [1.165, 1.54) is 5.56 Å². The highest BCUT2D eigenvalue weighted by Crippen LogP contribution is 2.19. The number of aryl methyl sites for hydroxylation is 2. The summed E-state index contributed by atoms with van der Waals surface area (Å²) in [5.41, 5.74) is 4.46. The highest BCUT2D eigenvalue weighted by atomic mass is 127. The maximum absolute atomic E-state index is 4.58. The molecule has 0 aliphatic rings. The third kappa shape index (κ3) is 7.26. The maximum Gasteiger partial charge on any atom is 0.191 e. The Morgan fingerprint density at radius 3 is 2.33 bits per heavy atom. The quantitative estimate of drug-likeness (QED) is 0.232. The molecule has 3 rings (SSSR count). The monoisotopic (exact) mass is 561 g/mol. The summed E-state index contributed by atoms with van der Waals surface area (Å²) in [6.45, 7) is 11.8. The molecule has 0 bridgehead atoms. The molecule has 2 aromatic heterocycles. The molecule has 1 atom stereocenters. The summed E-state index contributed by atoms with van der Waals surface area (Å²) in [6.07, 6.45) is 1.88. The first-order chi connectivity index (χ1) is 15.5. The third-order valence-electron chi connectivity index (χ3n) is 5.62. The van der Waals surface area contributed by atoms with Gasteiger partial charge in [-0.2, -0.15) is 5.10 Å². The lowest BCUT2D eigenvalue weighted by atomic mass is 10.1. The van der Waals surface area contributed by atoms with Gasteiger partial charge in [0.25, 0.3) is 0 Å². The summed E-state index contributed by atoms with van der Waals surface area (Å²) in [5.74, 6) is 1.60. The van der Waals surface area contributed by atoms with E-state index in [1.807, 2.05) is 36.9 Å². The summed E-state index contributed by atoms with van der Waals surface area (Å²) in [5, 5.41) is 11.4. The highest BCUT2D eigenvalue weighted by molar-refractivity contribution is 14.0. The highest BCUT2D eigenvalue weighted by Gasteiger charge is 2.18. The lowest BCUT2D eigenvalue weighted by Crippen LogP contribution is -2.43. The molecule has 0 amide bonds. The van der Waals surface area contributed by atoms with E-state index in [4.69, 9.17) is 0 Å². The number of hydrogen-bond donors (Lipinski definition) is 2. The number of likely N-dealkylation sites (N-methyl/N-ethyl adjacent to an activating group) is 1. The minimum Gasteiger partial charge on any atom is -0.354 e. The number of pyridine rings is 1. The zero-order valence-corrected chi connectivity index (χ0v) is 22.6. The average Bonchev–Trinajstić information content (AvgIpc) is 3.17. The van der Waals surface area contributed by atoms with Crippen molar-refractivity contribution in [2.45, 2.75) is 40.3 Å². The van der Waals surface area contributed by atoms with Crippen LogP contribution in [0.4, 0.5) is 0 Å². The van der Waals surface area contributed by atoms with Crippen LogP contribution in [0.2, 0.25) is 0 Å². The van der Waals surface area contributed by atoms with Crippen molar-refractivity contribution in [1.82, 2.24) is 30.3 Å². The molecule has 0 saturated carbocycles. The van der Waals surface area contributed by atoms with Crippen molar-refractivity contribution in [3.63, 3.8) is 0 Å². The van der Waals surface area contributed by atoms with E-state index in [2.05, 4.69) is 80.9 Å². The first-order valence-electron chi connectivity index (χ1n) is 11.3. The largest absolute Gasteiger partial charge is 0.354 e. The molecule has 2 N–H and O–H groups in total. The number of rotatable bonds is 9. The van der Waals surface area contributed by atoms with Gasteiger partial charge in [0.05, 0.1) is 11.7 Å². The molecule has 0 aliphatic heterocycles. The van der Waals surface area contributed by atoms with Gasteiger partial charge in [-0.1, -0.05) is 50.2 Å². The second-order valence-corrected chi connectivity index (χ2v) is 7.82. The van der Waals surface area contributed by atoms with Crippen LogP contribution in [0.3, 0.4) is 0 Å². The summed E-state index contributed by atoms with van der Waals surface area (Å²) in [6, 6.07) is 17.0. The Morgan fingerprint density at radius 1 is 1.06 bits per heavy atom. The smallest absolute Gasteiger partial charge is 0.191 e. The van der Waals surface area contributed by atoms with Gasteiger partial charge in [0.2, 0.25) is 0 Å². The van der Waals surface area contributed by atoms with Crippen LogP contribution in [0.1, 0.15) is 42.4 Å². The van der Waals surface area contributed by atoms with Gasteiger partial charge in [-0.15, -0.1) is 24.0 Å². The number of aromatic nitrogens is 3. The molecule has 0 radical (unpaired) electrons. The van der Waals surface area contributed by atoms with Crippen molar-refractivity contribution in [2.75, 3.05) is 26.7 Å². The van der Waals surface area contributed by atoms with E-state index >= 15 is 0 Å². The van der Waals surface area contributed by atoms with E-state index in [0.717, 1.165) is 48.4 Å². The van der Waals surface area contributed by atoms with Gasteiger partial charge in [-0.25, -0.2) is 9.67 Å². The van der Waals surface area contributed by atoms with E-state index in [9.17, 15) is 0 Å². The number of hydrogen-bond acceptors (Lipinski definition) is 4. The van der Waals surface area contributed by atoms with Crippen molar-refractivity contribution in [2.24, 2.45) is 4.99 Å². The van der Waals surface area contributed by atoms with E-state index in [1.54, 1.807) is 7.05 Å². The van der Waals surface area contributed by atoms with Gasteiger partial charge in [-0.05, 0) is 50.2 Å². The molecule has 1 unspecified atom stereocenters. The van der Waals surface area contributed by atoms with E-state index in [0.29, 0.717) is 6.54 Å². The first-order valence-corrected chi connectivity index (χ1v) is 11.3. The van der Waals surface area contributed by atoms with Crippen LogP contribution in [-0.2, 0) is 6.54 Å². The molecule has 33 heavy (non-hydrogen) atoms. The molecule has 178 valence electrons. The molecule has 7 nitrogen and oxygen atoms in total. The molecule has 1 aromatic carbocycles. The number of aliphatic imine (C=N–C) groups is 1. The van der Waals surface area contributed by atoms with Crippen molar-refractivity contribution < 1.29 is 0 Å². The molecule has 0 saturated heterocycles. The molecule has 2 heterocycles. The summed E-state index contributed by atoms with van der Waals surface area (Å²) in [4.78, 5) is 11.4. The summed E-state index contributed by atoms with van der Waals surface area (Å²) < 4.78 is 1.87. The van der Waals surface area contributed by atoms with E-state index < -0.39 is 0 Å². The predicted molar refractivity (Wildman–Crippen MR) is 147 cm³/mol. The van der Waals surface area contributed by atoms with Crippen LogP contribution in [-0.4, -0.2) is 52.3 Å². The summed E-state index contributed by atoms with van der Waals surface area (Å²) >= 11 is 0. The Labute approximate surface area is 214 Å². The minimum absolute atomic E-state index is 0. The van der Waals surface area contributed by atoms with Gasteiger partial charge in [0, 0.05) is 32.0 Å². The van der Waals surface area contributed by atoms with Crippen LogP contribution in [0.5, 0.6) is 0 Å². The predicted octanol–water partition coefficient (Wildman–Crippen LogP) is 4.25. The fraction of sp³-hybridized carbons (Fsp3) is 0.400. The van der Waals surface area contributed by atoms with Crippen LogP contribution >= 0.6 is 24.0 Å². The molecule has 3 aromatic rings. The van der Waals surface area contributed by atoms with Crippen molar-refractivity contribution in [3.05, 3.63) is 77.2 Å². The molecular weight excluding hydrogens is 525 g/mol. The van der Waals surface area contributed by atoms with Gasteiger partial charge < -0.3 is 10.6 Å². The first kappa shape index (κ1) is 26.8. The zero-order chi connectivity index (χ0) is 22.9. The Morgan fingerprint density at radius 2 is 1.79 bits per heavy atom. The van der Waals surface area contributed by atoms with Crippen LogP contribution in [0.25, 0.3) is 5.82 Å². The SMILES string of the molecule is CCN(CC)C(CNC(=NC)NCc1ccc(-n2nc(C)cc2C)nc1)c1ccccc1.I. The van der Waals surface area contributed by atoms with Crippen molar-refractivity contribution in [1.29, 1.82) is 0 Å². The summed E-state index contributed by atoms with van der Waals surface area (Å²) in [7, 11) is 1.80. The second-order valence-electron chi connectivity index (χ2n) is 7.82. The minimum atomic E-state index is 0. The van der Waals surface area contributed by atoms with Crippen molar-refractivity contribution >= 4 is 29.9 Å². The fourth-order valence-electron chi connectivity index (χ4n) is 3.90. The Kier molecular flexibility index (Phi) is 10.8. The number of nitrogens with one attached hydrogen (secondary N) is 2. The average molecular weight is 562 g/mol. The maximum atomic E-state index is 4.58. The topological polar surface area (TPSA) is 70.4 Å². The van der Waals surface area contributed by atoms with Gasteiger partial charge in [-0.3, -0.25) is 9.89 Å². The Hall–Kier alpha value is -2.46. The van der Waals surface area contributed by atoms with Crippen LogP contribution in [0.15, 0.2) is 59.7 Å². The number of nitrogens with zero attached hydrogens (tertiary/aromatic N) is 5. The lowest BCUT2D eigenvalue weighted by molar-refractivity contribution is 0.219. The van der Waals surface area contributed by atoms with Crippen LogP contribution < -0.4 is 10.6 Å². The van der Waals surface area contributed by atoms with Gasteiger partial charge >= 0.3 is 0 Å². The normalized spacial score (nSPS) is 12.4. The zero-order valence-electron chi connectivity index (χ0n) is 20.2.